The number of aromatic nitrogens is 3. The number of aromatic amines is 1. The van der Waals surface area contributed by atoms with Crippen molar-refractivity contribution in [2.45, 2.75) is 38.6 Å². The van der Waals surface area contributed by atoms with Crippen LogP contribution in [0.2, 0.25) is 0 Å². The number of fused-ring (bicyclic) bond motifs is 1. The highest BCUT2D eigenvalue weighted by atomic mass is 19.1. The SMILES string of the molecule is Cc1ccc(CC(=O)C[C@@H]2CCN(C)[C@@H](c3nc4ccc(F)cc4[nH]3)C2)cn1. The number of H-pyrrole nitrogens is 1. The topological polar surface area (TPSA) is 61.9 Å². The van der Waals surface area contributed by atoms with E-state index in [0.717, 1.165) is 42.0 Å². The zero-order valence-corrected chi connectivity index (χ0v) is 16.3. The Balaban J connectivity index is 1.43. The van der Waals surface area contributed by atoms with E-state index in [1.165, 1.54) is 12.1 Å². The lowest BCUT2D eigenvalue weighted by Crippen LogP contribution is -2.35. The minimum absolute atomic E-state index is 0.114. The Hall–Kier alpha value is -2.60. The van der Waals surface area contributed by atoms with Gasteiger partial charge >= 0.3 is 0 Å². The van der Waals surface area contributed by atoms with Crippen molar-refractivity contribution >= 4 is 16.8 Å². The fourth-order valence-corrected chi connectivity index (χ4v) is 4.05. The maximum atomic E-state index is 13.5. The summed E-state index contributed by atoms with van der Waals surface area (Å²) in [7, 11) is 2.08. The van der Waals surface area contributed by atoms with Crippen LogP contribution < -0.4 is 0 Å². The molecular formula is C22H25FN4O. The number of rotatable bonds is 5. The number of imidazole rings is 1. The number of benzene rings is 1. The normalized spacial score (nSPS) is 20.5. The number of ketones is 1. The Morgan fingerprint density at radius 3 is 2.96 bits per heavy atom. The van der Waals surface area contributed by atoms with Gasteiger partial charge in [-0.25, -0.2) is 9.37 Å². The minimum Gasteiger partial charge on any atom is -0.341 e. The maximum Gasteiger partial charge on any atom is 0.137 e. The highest BCUT2D eigenvalue weighted by molar-refractivity contribution is 5.81. The van der Waals surface area contributed by atoms with Crippen LogP contribution in [0, 0.1) is 18.7 Å². The van der Waals surface area contributed by atoms with Crippen molar-refractivity contribution in [3.8, 4) is 0 Å². The number of likely N-dealkylation sites (tertiary alicyclic amines) is 1. The zero-order valence-electron chi connectivity index (χ0n) is 16.3. The molecule has 0 radical (unpaired) electrons. The van der Waals surface area contributed by atoms with Crippen LogP contribution in [-0.2, 0) is 11.2 Å². The van der Waals surface area contributed by atoms with E-state index in [-0.39, 0.29) is 17.6 Å². The molecule has 0 saturated carbocycles. The van der Waals surface area contributed by atoms with Crippen LogP contribution in [0.1, 0.15) is 42.4 Å². The monoisotopic (exact) mass is 380 g/mol. The number of carbonyl (C=O) groups excluding carboxylic acids is 1. The average molecular weight is 380 g/mol. The van der Waals surface area contributed by atoms with E-state index in [0.29, 0.717) is 24.3 Å². The number of carbonyl (C=O) groups is 1. The summed E-state index contributed by atoms with van der Waals surface area (Å²) in [6.45, 7) is 2.86. The summed E-state index contributed by atoms with van der Waals surface area (Å²) >= 11 is 0. The Kier molecular flexibility index (Phi) is 5.22. The van der Waals surface area contributed by atoms with Gasteiger partial charge in [0, 0.05) is 24.7 Å². The van der Waals surface area contributed by atoms with E-state index in [4.69, 9.17) is 0 Å². The fraction of sp³-hybridized carbons (Fsp3) is 0.409. The van der Waals surface area contributed by atoms with E-state index in [9.17, 15) is 9.18 Å². The van der Waals surface area contributed by atoms with Gasteiger partial charge in [-0.1, -0.05) is 6.07 Å². The molecule has 3 aromatic rings. The molecule has 1 aliphatic heterocycles. The average Bonchev–Trinajstić information content (AvgIpc) is 3.08. The Morgan fingerprint density at radius 1 is 1.32 bits per heavy atom. The molecule has 1 aliphatic rings. The second-order valence-electron chi connectivity index (χ2n) is 7.90. The third-order valence-electron chi connectivity index (χ3n) is 5.65. The van der Waals surface area contributed by atoms with Crippen molar-refractivity contribution < 1.29 is 9.18 Å². The van der Waals surface area contributed by atoms with Gasteiger partial charge in [0.2, 0.25) is 0 Å². The lowest BCUT2D eigenvalue weighted by atomic mass is 9.86. The van der Waals surface area contributed by atoms with Gasteiger partial charge in [-0.15, -0.1) is 0 Å². The van der Waals surface area contributed by atoms with Crippen LogP contribution in [0.3, 0.4) is 0 Å². The predicted octanol–water partition coefficient (Wildman–Crippen LogP) is 3.99. The van der Waals surface area contributed by atoms with Crippen LogP contribution >= 0.6 is 0 Å². The molecule has 146 valence electrons. The van der Waals surface area contributed by atoms with Gasteiger partial charge < -0.3 is 4.98 Å². The first-order valence-corrected chi connectivity index (χ1v) is 9.76. The Morgan fingerprint density at radius 2 is 2.18 bits per heavy atom. The van der Waals surface area contributed by atoms with Gasteiger partial charge in [-0.05, 0) is 69.1 Å². The Bertz CT molecular complexity index is 982. The summed E-state index contributed by atoms with van der Waals surface area (Å²) < 4.78 is 13.5. The van der Waals surface area contributed by atoms with Gasteiger partial charge in [0.15, 0.2) is 0 Å². The molecule has 0 aliphatic carbocycles. The molecule has 0 unspecified atom stereocenters. The number of aryl methyl sites for hydroxylation is 1. The lowest BCUT2D eigenvalue weighted by Gasteiger charge is -2.35. The van der Waals surface area contributed by atoms with Crippen molar-refractivity contribution in [3.05, 3.63) is 59.4 Å². The standard InChI is InChI=1S/C22H25FN4O/c1-14-3-4-16(13-24-14)10-18(28)9-15-7-8-27(2)21(11-15)22-25-19-6-5-17(23)12-20(19)26-22/h3-6,12-13,15,21H,7-11H2,1-2H3,(H,25,26)/t15-,21+/m0/s1. The smallest absolute Gasteiger partial charge is 0.137 e. The number of hydrogen-bond donors (Lipinski definition) is 1. The second-order valence-corrected chi connectivity index (χ2v) is 7.90. The van der Waals surface area contributed by atoms with E-state index >= 15 is 0 Å². The first-order chi connectivity index (χ1) is 13.5. The molecule has 2 atom stereocenters. The number of halogens is 1. The molecule has 0 amide bonds. The van der Waals surface area contributed by atoms with E-state index in [2.05, 4.69) is 26.9 Å². The van der Waals surface area contributed by atoms with Crippen molar-refractivity contribution in [3.63, 3.8) is 0 Å². The van der Waals surface area contributed by atoms with Crippen LogP contribution in [0.4, 0.5) is 4.39 Å². The molecule has 1 N–H and O–H groups in total. The molecule has 0 bridgehead atoms. The van der Waals surface area contributed by atoms with E-state index in [1.807, 2.05) is 19.1 Å². The van der Waals surface area contributed by atoms with Crippen LogP contribution in [0.15, 0.2) is 36.5 Å². The van der Waals surface area contributed by atoms with Crippen LogP contribution in [0.25, 0.3) is 11.0 Å². The largest absolute Gasteiger partial charge is 0.341 e. The van der Waals surface area contributed by atoms with Crippen LogP contribution in [0.5, 0.6) is 0 Å². The summed E-state index contributed by atoms with van der Waals surface area (Å²) in [5.74, 6) is 1.17. The molecule has 1 aromatic carbocycles. The summed E-state index contributed by atoms with van der Waals surface area (Å²) in [5.41, 5.74) is 3.42. The van der Waals surface area contributed by atoms with Crippen molar-refractivity contribution in [1.82, 2.24) is 19.9 Å². The number of Topliss-reactive ketones (excluding diaryl/α,β-unsaturated/α-hetero) is 1. The number of pyridine rings is 1. The van der Waals surface area contributed by atoms with Gasteiger partial charge in [-0.2, -0.15) is 0 Å². The van der Waals surface area contributed by atoms with Gasteiger partial charge in [-0.3, -0.25) is 14.7 Å². The van der Waals surface area contributed by atoms with Crippen LogP contribution in [-0.4, -0.2) is 39.2 Å². The summed E-state index contributed by atoms with van der Waals surface area (Å²) in [5, 5.41) is 0. The molecular weight excluding hydrogens is 355 g/mol. The summed E-state index contributed by atoms with van der Waals surface area (Å²) in [6.07, 6.45) is 4.68. The van der Waals surface area contributed by atoms with Gasteiger partial charge in [0.05, 0.1) is 17.1 Å². The fourth-order valence-electron chi connectivity index (χ4n) is 4.05. The maximum absolute atomic E-state index is 13.5. The molecule has 1 saturated heterocycles. The van der Waals surface area contributed by atoms with Crippen molar-refractivity contribution in [1.29, 1.82) is 0 Å². The third kappa shape index (κ3) is 4.12. The number of nitrogens with one attached hydrogen (secondary N) is 1. The molecule has 4 rings (SSSR count). The molecule has 1 fully saturated rings. The van der Waals surface area contributed by atoms with Crippen molar-refractivity contribution in [2.75, 3.05) is 13.6 Å². The second kappa shape index (κ2) is 7.80. The molecule has 5 nitrogen and oxygen atoms in total. The summed E-state index contributed by atoms with van der Waals surface area (Å²) in [6, 6.07) is 8.64. The van der Waals surface area contributed by atoms with Crippen molar-refractivity contribution in [2.24, 2.45) is 5.92 Å². The molecule has 0 spiro atoms. The predicted molar refractivity (Wildman–Crippen MR) is 106 cm³/mol. The molecule has 6 heteroatoms. The van der Waals surface area contributed by atoms with Gasteiger partial charge in [0.25, 0.3) is 0 Å². The number of nitrogens with zero attached hydrogens (tertiary/aromatic N) is 3. The highest BCUT2D eigenvalue weighted by Crippen LogP contribution is 2.34. The quantitative estimate of drug-likeness (QED) is 0.727. The lowest BCUT2D eigenvalue weighted by molar-refractivity contribution is -0.119. The van der Waals surface area contributed by atoms with E-state index in [1.54, 1.807) is 12.3 Å². The Labute approximate surface area is 164 Å². The number of hydrogen-bond acceptors (Lipinski definition) is 4. The highest BCUT2D eigenvalue weighted by Gasteiger charge is 2.30. The van der Waals surface area contributed by atoms with Gasteiger partial charge in [0.1, 0.15) is 17.4 Å². The third-order valence-corrected chi connectivity index (χ3v) is 5.65. The molecule has 2 aromatic heterocycles. The first-order valence-electron chi connectivity index (χ1n) is 9.76. The molecule has 28 heavy (non-hydrogen) atoms. The first kappa shape index (κ1) is 18.7. The zero-order chi connectivity index (χ0) is 19.7. The summed E-state index contributed by atoms with van der Waals surface area (Å²) in [4.78, 5) is 27.0. The number of piperidine rings is 1. The minimum atomic E-state index is -0.270. The van der Waals surface area contributed by atoms with E-state index < -0.39 is 0 Å². The molecule has 3 heterocycles.